The Balaban J connectivity index is 2.14. The molecule has 0 saturated heterocycles. The predicted octanol–water partition coefficient (Wildman–Crippen LogP) is 0.993. The van der Waals surface area contributed by atoms with Crippen molar-refractivity contribution < 1.29 is 14.6 Å². The van der Waals surface area contributed by atoms with Crippen molar-refractivity contribution in [3.63, 3.8) is 0 Å². The molecule has 3 nitrogen and oxygen atoms in total. The smallest absolute Gasteiger partial charge is 0.254 e. The molecule has 0 unspecified atom stereocenters. The quantitative estimate of drug-likeness (QED) is 0.648. The molecule has 0 bridgehead atoms. The second-order valence-corrected chi connectivity index (χ2v) is 3.39. The van der Waals surface area contributed by atoms with Crippen molar-refractivity contribution in [2.24, 2.45) is 5.41 Å². The van der Waals surface area contributed by atoms with Gasteiger partial charge in [0.25, 0.3) is 5.79 Å². The van der Waals surface area contributed by atoms with Crippen LogP contribution in [0.5, 0.6) is 0 Å². The van der Waals surface area contributed by atoms with E-state index in [1.807, 2.05) is 6.92 Å². The molecule has 1 fully saturated rings. The molecule has 1 N–H and O–H groups in total. The van der Waals surface area contributed by atoms with Crippen LogP contribution in [0.2, 0.25) is 0 Å². The minimum Gasteiger partial charge on any atom is -0.456 e. The maximum Gasteiger partial charge on any atom is 0.254 e. The van der Waals surface area contributed by atoms with E-state index in [2.05, 4.69) is 0 Å². The molecule has 0 spiro atoms. The number of aliphatic hydroxyl groups is 1. The highest BCUT2D eigenvalue weighted by Gasteiger charge is 2.61. The van der Waals surface area contributed by atoms with Crippen LogP contribution in [0.25, 0.3) is 0 Å². The Labute approximate surface area is 65.6 Å². The van der Waals surface area contributed by atoms with Crippen LogP contribution in [0.4, 0.5) is 0 Å². The molecular weight excluding hydrogens is 144 g/mol. The lowest BCUT2D eigenvalue weighted by Gasteiger charge is -2.30. The summed E-state index contributed by atoms with van der Waals surface area (Å²) in [6.07, 6.45) is 5.05. The maximum atomic E-state index is 9.09. The predicted molar refractivity (Wildman–Crippen MR) is 38.5 cm³/mol. The molecule has 0 amide bonds. The number of hydrogen-bond donors (Lipinski definition) is 1. The lowest BCUT2D eigenvalue weighted by atomic mass is 9.98. The van der Waals surface area contributed by atoms with Gasteiger partial charge in [-0.1, -0.05) is 0 Å². The molecule has 3 heteroatoms. The van der Waals surface area contributed by atoms with Crippen molar-refractivity contribution in [3.8, 4) is 0 Å². The molecule has 11 heavy (non-hydrogen) atoms. The van der Waals surface area contributed by atoms with Gasteiger partial charge in [-0.05, 0) is 12.8 Å². The number of hydrogen-bond acceptors (Lipinski definition) is 3. The molecule has 2 aliphatic rings. The van der Waals surface area contributed by atoms with Crippen molar-refractivity contribution in [1.29, 1.82) is 0 Å². The van der Waals surface area contributed by atoms with E-state index in [4.69, 9.17) is 14.6 Å². The van der Waals surface area contributed by atoms with Crippen LogP contribution in [0.1, 0.15) is 19.8 Å². The molecule has 1 aliphatic heterocycles. The van der Waals surface area contributed by atoms with Gasteiger partial charge in [0.05, 0.1) is 12.0 Å². The average Bonchev–Trinajstić information content (AvgIpc) is 2.71. The van der Waals surface area contributed by atoms with Gasteiger partial charge in [0.15, 0.2) is 0 Å². The molecule has 0 aromatic rings. The fraction of sp³-hybridized carbons (Fsp3) is 0.750. The lowest BCUT2D eigenvalue weighted by Crippen LogP contribution is -2.39. The van der Waals surface area contributed by atoms with Gasteiger partial charge in [-0.25, -0.2) is 0 Å². The molecule has 0 aromatic heterocycles. The third-order valence-corrected chi connectivity index (χ3v) is 2.76. The Morgan fingerprint density at radius 2 is 1.91 bits per heavy atom. The van der Waals surface area contributed by atoms with Gasteiger partial charge in [0, 0.05) is 6.92 Å². The minimum absolute atomic E-state index is 0.142. The highest BCUT2D eigenvalue weighted by atomic mass is 16.7. The van der Waals surface area contributed by atoms with E-state index in [-0.39, 0.29) is 12.0 Å². The molecule has 1 aliphatic carbocycles. The Bertz CT molecular complexity index is 186. The summed E-state index contributed by atoms with van der Waals surface area (Å²) in [6.45, 7) is 2.02. The summed E-state index contributed by atoms with van der Waals surface area (Å²) < 4.78 is 10.6. The van der Waals surface area contributed by atoms with Crippen LogP contribution in [0.15, 0.2) is 12.5 Å². The van der Waals surface area contributed by atoms with Gasteiger partial charge >= 0.3 is 0 Å². The summed E-state index contributed by atoms with van der Waals surface area (Å²) in [4.78, 5) is 0. The van der Waals surface area contributed by atoms with Crippen LogP contribution < -0.4 is 0 Å². The van der Waals surface area contributed by atoms with Crippen LogP contribution in [-0.4, -0.2) is 17.5 Å². The van der Waals surface area contributed by atoms with E-state index in [0.29, 0.717) is 0 Å². The van der Waals surface area contributed by atoms with E-state index >= 15 is 0 Å². The Morgan fingerprint density at radius 1 is 1.36 bits per heavy atom. The molecule has 0 aromatic carbocycles. The third kappa shape index (κ3) is 0.774. The summed E-state index contributed by atoms with van der Waals surface area (Å²) in [7, 11) is 0. The zero-order valence-corrected chi connectivity index (χ0v) is 6.54. The first-order valence-corrected chi connectivity index (χ1v) is 3.84. The monoisotopic (exact) mass is 156 g/mol. The topological polar surface area (TPSA) is 38.7 Å². The van der Waals surface area contributed by atoms with E-state index in [1.165, 1.54) is 12.5 Å². The largest absolute Gasteiger partial charge is 0.456 e. The minimum atomic E-state index is -0.609. The zero-order valence-electron chi connectivity index (χ0n) is 6.54. The fourth-order valence-corrected chi connectivity index (χ4v) is 1.50. The number of rotatable bonds is 2. The van der Waals surface area contributed by atoms with Crippen molar-refractivity contribution in [2.45, 2.75) is 25.6 Å². The van der Waals surface area contributed by atoms with E-state index in [9.17, 15) is 0 Å². The SMILES string of the molecule is CC1(C2(CO)CC2)OC=CO1. The van der Waals surface area contributed by atoms with Gasteiger partial charge < -0.3 is 14.6 Å². The summed E-state index contributed by atoms with van der Waals surface area (Å²) in [6, 6.07) is 0. The summed E-state index contributed by atoms with van der Waals surface area (Å²) in [5.74, 6) is -0.609. The molecule has 2 rings (SSSR count). The normalized spacial score (nSPS) is 29.3. The van der Waals surface area contributed by atoms with Crippen molar-refractivity contribution >= 4 is 0 Å². The zero-order chi connectivity index (χ0) is 7.95. The third-order valence-electron chi connectivity index (χ3n) is 2.76. The Kier molecular flexibility index (Phi) is 1.21. The Morgan fingerprint density at radius 3 is 2.27 bits per heavy atom. The molecule has 1 heterocycles. The van der Waals surface area contributed by atoms with Crippen LogP contribution >= 0.6 is 0 Å². The first-order valence-electron chi connectivity index (χ1n) is 3.84. The highest BCUT2D eigenvalue weighted by molar-refractivity contribution is 5.05. The van der Waals surface area contributed by atoms with Crippen molar-refractivity contribution in [3.05, 3.63) is 12.5 Å². The number of ether oxygens (including phenoxy) is 2. The summed E-state index contributed by atoms with van der Waals surface area (Å²) in [5.41, 5.74) is -0.142. The van der Waals surface area contributed by atoms with Crippen LogP contribution in [0.3, 0.4) is 0 Å². The van der Waals surface area contributed by atoms with Crippen LogP contribution in [0, 0.1) is 5.41 Å². The number of aliphatic hydroxyl groups excluding tert-OH is 1. The molecule has 62 valence electrons. The standard InChI is InChI=1S/C8H12O3/c1-7(10-4-5-11-7)8(6-9)2-3-8/h4-5,9H,2-3,6H2,1H3. The molecule has 0 radical (unpaired) electrons. The second kappa shape index (κ2) is 1.91. The molecule has 0 atom stereocenters. The Hall–Kier alpha value is -0.700. The summed E-state index contributed by atoms with van der Waals surface area (Å²) in [5, 5.41) is 9.09. The molecular formula is C8H12O3. The summed E-state index contributed by atoms with van der Waals surface area (Å²) >= 11 is 0. The highest BCUT2D eigenvalue weighted by Crippen LogP contribution is 2.56. The van der Waals surface area contributed by atoms with E-state index < -0.39 is 5.79 Å². The van der Waals surface area contributed by atoms with Crippen LogP contribution in [-0.2, 0) is 9.47 Å². The maximum absolute atomic E-state index is 9.09. The second-order valence-electron chi connectivity index (χ2n) is 3.39. The van der Waals surface area contributed by atoms with Gasteiger partial charge in [-0.3, -0.25) is 0 Å². The van der Waals surface area contributed by atoms with Gasteiger partial charge in [-0.15, -0.1) is 0 Å². The fourth-order valence-electron chi connectivity index (χ4n) is 1.50. The van der Waals surface area contributed by atoms with Gasteiger partial charge in [0.2, 0.25) is 0 Å². The first kappa shape index (κ1) is 6.98. The first-order chi connectivity index (χ1) is 5.22. The average molecular weight is 156 g/mol. The van der Waals surface area contributed by atoms with E-state index in [0.717, 1.165) is 12.8 Å². The van der Waals surface area contributed by atoms with E-state index in [1.54, 1.807) is 0 Å². The van der Waals surface area contributed by atoms with Crippen molar-refractivity contribution in [1.82, 2.24) is 0 Å². The lowest BCUT2D eigenvalue weighted by molar-refractivity contribution is -0.187. The molecule has 1 saturated carbocycles. The van der Waals surface area contributed by atoms with Gasteiger partial charge in [-0.2, -0.15) is 0 Å². The van der Waals surface area contributed by atoms with Crippen molar-refractivity contribution in [2.75, 3.05) is 6.61 Å². The van der Waals surface area contributed by atoms with Gasteiger partial charge in [0.1, 0.15) is 12.5 Å².